The fraction of sp³-hybridized carbons (Fsp3) is 1.00. The van der Waals surface area contributed by atoms with Crippen molar-refractivity contribution in [2.24, 2.45) is 0 Å². The third-order valence-electron chi connectivity index (χ3n) is 0.566. The molecular formula is C3H6INO2. The molecule has 0 aliphatic rings. The zero-order chi connectivity index (χ0) is 5.86. The highest BCUT2D eigenvalue weighted by atomic mass is 127. The molecule has 0 saturated carbocycles. The molecule has 3 nitrogen and oxygen atoms in total. The van der Waals surface area contributed by atoms with E-state index >= 15 is 0 Å². The van der Waals surface area contributed by atoms with Crippen LogP contribution < -0.4 is 0 Å². The number of alkyl halides is 1. The summed E-state index contributed by atoms with van der Waals surface area (Å²) in [5, 5.41) is 9.73. The molecule has 0 bridgehead atoms. The minimum Gasteiger partial charge on any atom is -0.263 e. The fourth-order valence-electron chi connectivity index (χ4n) is 0.149. The maximum absolute atomic E-state index is 9.73. The molecule has 0 aromatic carbocycles. The number of hydrogen-bond donors (Lipinski definition) is 0. The largest absolute Gasteiger partial charge is 0.263 e. The highest BCUT2D eigenvalue weighted by Crippen LogP contribution is 2.03. The summed E-state index contributed by atoms with van der Waals surface area (Å²) in [6.45, 7) is 1.79. The summed E-state index contributed by atoms with van der Waals surface area (Å²) in [6.07, 6.45) is 0.605. The smallest absolute Gasteiger partial charge is 0.260 e. The molecular weight excluding hydrogens is 209 g/mol. The van der Waals surface area contributed by atoms with Crippen molar-refractivity contribution < 1.29 is 4.92 Å². The van der Waals surface area contributed by atoms with Crippen LogP contribution in [0.15, 0.2) is 0 Å². The molecule has 0 amide bonds. The van der Waals surface area contributed by atoms with E-state index < -0.39 is 4.05 Å². The number of hydrogen-bond acceptors (Lipinski definition) is 2. The Balaban J connectivity index is 3.34. The molecule has 0 aliphatic heterocycles. The van der Waals surface area contributed by atoms with Gasteiger partial charge in [0.1, 0.15) is 0 Å². The Morgan fingerprint density at radius 1 is 2.00 bits per heavy atom. The van der Waals surface area contributed by atoms with Crippen LogP contribution in [0.4, 0.5) is 0 Å². The molecule has 42 valence electrons. The van der Waals surface area contributed by atoms with Crippen molar-refractivity contribution in [1.82, 2.24) is 0 Å². The molecule has 4 heteroatoms. The summed E-state index contributed by atoms with van der Waals surface area (Å²) < 4.78 is -0.405. The molecule has 0 fully saturated rings. The first-order valence-electron chi connectivity index (χ1n) is 1.96. The van der Waals surface area contributed by atoms with Crippen LogP contribution in [0, 0.1) is 10.1 Å². The molecule has 0 aliphatic carbocycles. The summed E-state index contributed by atoms with van der Waals surface area (Å²) >= 11 is 1.80. The predicted molar refractivity (Wildman–Crippen MR) is 35.1 cm³/mol. The minimum absolute atomic E-state index is 0.291. The van der Waals surface area contributed by atoms with Crippen molar-refractivity contribution in [1.29, 1.82) is 0 Å². The predicted octanol–water partition coefficient (Wildman–Crippen LogP) is 1.43. The van der Waals surface area contributed by atoms with Gasteiger partial charge in [-0.1, -0.05) is 6.92 Å². The maximum atomic E-state index is 9.73. The molecule has 0 aromatic rings. The maximum Gasteiger partial charge on any atom is 0.260 e. The normalized spacial score (nSPS) is 13.4. The lowest BCUT2D eigenvalue weighted by Gasteiger charge is -1.92. The van der Waals surface area contributed by atoms with Gasteiger partial charge in [0.15, 0.2) is 0 Å². The molecule has 0 aromatic heterocycles. The summed E-state index contributed by atoms with van der Waals surface area (Å²) in [7, 11) is 0. The summed E-state index contributed by atoms with van der Waals surface area (Å²) in [5.74, 6) is 0. The minimum atomic E-state index is -0.405. The van der Waals surface area contributed by atoms with E-state index in [9.17, 15) is 10.1 Å². The second-order valence-corrected chi connectivity index (χ2v) is 2.57. The quantitative estimate of drug-likeness (QED) is 0.230. The zero-order valence-corrected chi connectivity index (χ0v) is 6.08. The monoisotopic (exact) mass is 215 g/mol. The molecule has 1 unspecified atom stereocenters. The third-order valence-corrected chi connectivity index (χ3v) is 1.90. The highest BCUT2D eigenvalue weighted by Gasteiger charge is 2.08. The van der Waals surface area contributed by atoms with Gasteiger partial charge in [-0.05, 0) is 0 Å². The van der Waals surface area contributed by atoms with Crippen molar-refractivity contribution in [3.05, 3.63) is 10.1 Å². The summed E-state index contributed by atoms with van der Waals surface area (Å²) in [5.41, 5.74) is 0. The average molecular weight is 215 g/mol. The Morgan fingerprint density at radius 3 is 2.43 bits per heavy atom. The molecule has 7 heavy (non-hydrogen) atoms. The SMILES string of the molecule is CCC(I)[N+](=O)[O-]. The number of nitrogens with zero attached hydrogens (tertiary/aromatic N) is 1. The first kappa shape index (κ1) is 7.13. The first-order valence-corrected chi connectivity index (χ1v) is 3.20. The van der Waals surface area contributed by atoms with Crippen molar-refractivity contribution in [3.8, 4) is 0 Å². The van der Waals surface area contributed by atoms with Crippen LogP contribution in [0.5, 0.6) is 0 Å². The van der Waals surface area contributed by atoms with Gasteiger partial charge in [0, 0.05) is 33.9 Å². The van der Waals surface area contributed by atoms with Gasteiger partial charge >= 0.3 is 0 Å². The lowest BCUT2D eigenvalue weighted by atomic mass is 10.5. The molecule has 0 saturated heterocycles. The Labute approximate surface area is 55.4 Å². The van der Waals surface area contributed by atoms with Crippen LogP contribution in [0.1, 0.15) is 13.3 Å². The second-order valence-electron chi connectivity index (χ2n) is 1.13. The highest BCUT2D eigenvalue weighted by molar-refractivity contribution is 14.1. The average Bonchev–Trinajstić information content (AvgIpc) is 1.65. The van der Waals surface area contributed by atoms with Crippen molar-refractivity contribution in [2.45, 2.75) is 17.4 Å². The molecule has 0 radical (unpaired) electrons. The molecule has 0 rings (SSSR count). The lowest BCUT2D eigenvalue weighted by molar-refractivity contribution is -0.489. The third kappa shape index (κ3) is 2.78. The lowest BCUT2D eigenvalue weighted by Crippen LogP contribution is -2.08. The van der Waals surface area contributed by atoms with Crippen molar-refractivity contribution >= 4 is 22.6 Å². The Hall–Kier alpha value is 0.130. The molecule has 1 atom stereocenters. The van der Waals surface area contributed by atoms with E-state index in [-0.39, 0.29) is 4.92 Å². The van der Waals surface area contributed by atoms with Crippen LogP contribution in [0.3, 0.4) is 0 Å². The Morgan fingerprint density at radius 2 is 2.43 bits per heavy atom. The summed E-state index contributed by atoms with van der Waals surface area (Å²) in [6, 6.07) is 0. The van der Waals surface area contributed by atoms with E-state index in [1.54, 1.807) is 29.5 Å². The standard InChI is InChI=1S/C3H6INO2/c1-2-3(4)5(6)7/h3H,2H2,1H3. The van der Waals surface area contributed by atoms with E-state index in [1.165, 1.54) is 0 Å². The van der Waals surface area contributed by atoms with Gasteiger partial charge in [-0.15, -0.1) is 0 Å². The Bertz CT molecular complexity index is 75.3. The van der Waals surface area contributed by atoms with Crippen LogP contribution in [-0.2, 0) is 0 Å². The van der Waals surface area contributed by atoms with Crippen LogP contribution in [0.2, 0.25) is 0 Å². The van der Waals surface area contributed by atoms with Crippen molar-refractivity contribution in [2.75, 3.05) is 0 Å². The van der Waals surface area contributed by atoms with Gasteiger partial charge in [0.05, 0.1) is 0 Å². The number of rotatable bonds is 2. The Kier molecular flexibility index (Phi) is 3.23. The van der Waals surface area contributed by atoms with Gasteiger partial charge in [-0.2, -0.15) is 0 Å². The van der Waals surface area contributed by atoms with Gasteiger partial charge in [-0.3, -0.25) is 10.1 Å². The summed E-state index contributed by atoms with van der Waals surface area (Å²) in [4.78, 5) is 9.44. The number of halogens is 1. The molecule has 0 N–H and O–H groups in total. The van der Waals surface area contributed by atoms with E-state index in [1.807, 2.05) is 0 Å². The van der Waals surface area contributed by atoms with E-state index in [0.717, 1.165) is 0 Å². The fourth-order valence-corrected chi connectivity index (χ4v) is 0.149. The van der Waals surface area contributed by atoms with Crippen LogP contribution in [0.25, 0.3) is 0 Å². The second kappa shape index (κ2) is 3.17. The van der Waals surface area contributed by atoms with Crippen molar-refractivity contribution in [3.63, 3.8) is 0 Å². The van der Waals surface area contributed by atoms with E-state index in [2.05, 4.69) is 0 Å². The first-order chi connectivity index (χ1) is 3.18. The van der Waals surface area contributed by atoms with Gasteiger partial charge in [0.25, 0.3) is 4.05 Å². The molecule has 0 spiro atoms. The number of nitro groups is 1. The van der Waals surface area contributed by atoms with Gasteiger partial charge in [-0.25, -0.2) is 0 Å². The molecule has 0 heterocycles. The van der Waals surface area contributed by atoms with Crippen LogP contribution >= 0.6 is 22.6 Å². The van der Waals surface area contributed by atoms with E-state index in [0.29, 0.717) is 6.42 Å². The van der Waals surface area contributed by atoms with Crippen LogP contribution in [-0.4, -0.2) is 8.97 Å². The van der Waals surface area contributed by atoms with Gasteiger partial charge < -0.3 is 0 Å². The zero-order valence-electron chi connectivity index (χ0n) is 3.93. The van der Waals surface area contributed by atoms with E-state index in [4.69, 9.17) is 0 Å². The topological polar surface area (TPSA) is 43.1 Å². The van der Waals surface area contributed by atoms with Gasteiger partial charge in [0.2, 0.25) is 0 Å².